The van der Waals surface area contributed by atoms with Gasteiger partial charge in [0.2, 0.25) is 11.9 Å². The third-order valence-corrected chi connectivity index (χ3v) is 6.97. The summed E-state index contributed by atoms with van der Waals surface area (Å²) in [5.74, 6) is -1.91. The van der Waals surface area contributed by atoms with E-state index in [-0.39, 0.29) is 22.6 Å². The molecule has 0 amide bonds. The number of nitrogens with zero attached hydrogens (tertiary/aromatic N) is 4. The van der Waals surface area contributed by atoms with Crippen LogP contribution in [0.25, 0.3) is 34.0 Å². The molecule has 0 saturated carbocycles. The van der Waals surface area contributed by atoms with E-state index in [0.717, 1.165) is 47.5 Å². The standard InChI is InChI=1S/C26H19FN4O5/c27-21-11-17(6-8-20(21)26(32)33)24-28-25(36-29-24)15-3-1-14(2-4-15)18-7-5-16-12-22(18)30-10-9-19(16)23(13-30)31(34)35/h1-8,11-12,19,23H,9-10,13H2,(H,32,33). The summed E-state index contributed by atoms with van der Waals surface area (Å²) in [5, 5.41) is 24.5. The van der Waals surface area contributed by atoms with E-state index in [4.69, 9.17) is 9.63 Å². The van der Waals surface area contributed by atoms with Crippen LogP contribution in [-0.4, -0.2) is 45.3 Å². The fraction of sp³-hybridized carbons (Fsp3) is 0.192. The second kappa shape index (κ2) is 8.26. The number of piperidine rings is 1. The molecule has 1 N–H and O–H groups in total. The first-order valence-electron chi connectivity index (χ1n) is 11.4. The van der Waals surface area contributed by atoms with Crippen LogP contribution in [-0.2, 0) is 0 Å². The van der Waals surface area contributed by atoms with Crippen LogP contribution in [0, 0.1) is 15.9 Å². The smallest absolute Gasteiger partial charge is 0.338 e. The van der Waals surface area contributed by atoms with Crippen LogP contribution >= 0.6 is 0 Å². The second-order valence-electron chi connectivity index (χ2n) is 8.97. The Morgan fingerprint density at radius 1 is 1.08 bits per heavy atom. The SMILES string of the molecule is O=C(O)c1ccc(-c2noc(-c3ccc(-c4ccc5cc4N4CCC5C([N+](=O)[O-])C4)cc3)n2)cc1F. The van der Waals surface area contributed by atoms with Crippen LogP contribution in [0.1, 0.15) is 28.3 Å². The van der Waals surface area contributed by atoms with Crippen molar-refractivity contribution in [3.63, 3.8) is 0 Å². The Labute approximate surface area is 203 Å². The highest BCUT2D eigenvalue weighted by molar-refractivity contribution is 5.88. The van der Waals surface area contributed by atoms with Crippen molar-refractivity contribution < 1.29 is 23.7 Å². The molecule has 3 aliphatic heterocycles. The summed E-state index contributed by atoms with van der Waals surface area (Å²) < 4.78 is 19.4. The van der Waals surface area contributed by atoms with Crippen molar-refractivity contribution in [2.24, 2.45) is 0 Å². The van der Waals surface area contributed by atoms with Crippen molar-refractivity contribution in [1.82, 2.24) is 10.1 Å². The molecule has 3 aromatic carbocycles. The Morgan fingerprint density at radius 3 is 2.56 bits per heavy atom. The number of aromatic carboxylic acids is 1. The van der Waals surface area contributed by atoms with E-state index < -0.39 is 23.4 Å². The van der Waals surface area contributed by atoms with Crippen LogP contribution in [0.3, 0.4) is 0 Å². The lowest BCUT2D eigenvalue weighted by molar-refractivity contribution is -0.525. The van der Waals surface area contributed by atoms with Gasteiger partial charge in [0.25, 0.3) is 5.89 Å². The molecule has 4 aromatic rings. The lowest BCUT2D eigenvalue weighted by atomic mass is 9.87. The van der Waals surface area contributed by atoms with Crippen molar-refractivity contribution >= 4 is 11.7 Å². The molecule has 180 valence electrons. The van der Waals surface area contributed by atoms with Gasteiger partial charge in [0.05, 0.1) is 18.0 Å². The zero-order valence-corrected chi connectivity index (χ0v) is 18.8. The van der Waals surface area contributed by atoms with Gasteiger partial charge in [-0.2, -0.15) is 4.98 Å². The molecule has 0 spiro atoms. The molecule has 9 nitrogen and oxygen atoms in total. The Morgan fingerprint density at radius 2 is 1.83 bits per heavy atom. The molecule has 1 aromatic heterocycles. The monoisotopic (exact) mass is 486 g/mol. The van der Waals surface area contributed by atoms with E-state index in [9.17, 15) is 19.3 Å². The van der Waals surface area contributed by atoms with E-state index in [0.29, 0.717) is 17.7 Å². The van der Waals surface area contributed by atoms with Gasteiger partial charge in [-0.3, -0.25) is 10.1 Å². The summed E-state index contributed by atoms with van der Waals surface area (Å²) in [6.07, 6.45) is 0.764. The lowest BCUT2D eigenvalue weighted by Gasteiger charge is -2.32. The molecule has 2 atom stereocenters. The molecule has 10 heteroatoms. The maximum atomic E-state index is 14.1. The summed E-state index contributed by atoms with van der Waals surface area (Å²) in [4.78, 5) is 28.9. The van der Waals surface area contributed by atoms with E-state index in [2.05, 4.69) is 21.1 Å². The lowest BCUT2D eigenvalue weighted by Crippen LogP contribution is -2.45. The topological polar surface area (TPSA) is 123 Å². The van der Waals surface area contributed by atoms with Gasteiger partial charge in [-0.15, -0.1) is 0 Å². The number of anilines is 1. The second-order valence-corrected chi connectivity index (χ2v) is 8.97. The molecule has 4 heterocycles. The average Bonchev–Trinajstić information content (AvgIpc) is 3.30. The average molecular weight is 486 g/mol. The summed E-state index contributed by atoms with van der Waals surface area (Å²) >= 11 is 0. The van der Waals surface area contributed by atoms with Crippen molar-refractivity contribution in [3.8, 4) is 34.0 Å². The summed E-state index contributed by atoms with van der Waals surface area (Å²) in [5.41, 5.74) is 4.49. The molecule has 4 bridgehead atoms. The van der Waals surface area contributed by atoms with E-state index in [1.54, 1.807) is 0 Å². The quantitative estimate of drug-likeness (QED) is 0.313. The number of hydrogen-bond donors (Lipinski definition) is 1. The number of benzene rings is 3. The van der Waals surface area contributed by atoms with Crippen LogP contribution in [0.5, 0.6) is 0 Å². The number of nitro groups is 1. The zero-order chi connectivity index (χ0) is 25.0. The molecular weight excluding hydrogens is 467 g/mol. The van der Waals surface area contributed by atoms with Gasteiger partial charge in [0.15, 0.2) is 0 Å². The predicted octanol–water partition coefficient (Wildman–Crippen LogP) is 4.86. The molecule has 7 rings (SSSR count). The number of fused-ring (bicyclic) bond motifs is 2. The van der Waals surface area contributed by atoms with Gasteiger partial charge in [-0.05, 0) is 53.9 Å². The molecule has 1 saturated heterocycles. The highest BCUT2D eigenvalue weighted by atomic mass is 19.1. The number of carboxylic acid groups (broad SMARTS) is 1. The molecule has 36 heavy (non-hydrogen) atoms. The number of halogens is 1. The van der Waals surface area contributed by atoms with Crippen molar-refractivity contribution in [3.05, 3.63) is 87.7 Å². The fourth-order valence-electron chi connectivity index (χ4n) is 5.12. The van der Waals surface area contributed by atoms with Crippen molar-refractivity contribution in [2.45, 2.75) is 18.4 Å². The van der Waals surface area contributed by atoms with Gasteiger partial charge in [0, 0.05) is 33.8 Å². The molecule has 3 aliphatic rings. The van der Waals surface area contributed by atoms with E-state index in [1.807, 2.05) is 36.4 Å². The summed E-state index contributed by atoms with van der Waals surface area (Å²) in [6.45, 7) is 1.18. The highest BCUT2D eigenvalue weighted by Crippen LogP contribution is 2.43. The molecule has 2 unspecified atom stereocenters. The maximum Gasteiger partial charge on any atom is 0.338 e. The normalized spacial score (nSPS) is 18.2. The number of carbonyl (C=O) groups is 1. The maximum absolute atomic E-state index is 14.1. The minimum Gasteiger partial charge on any atom is -0.478 e. The predicted molar refractivity (Wildman–Crippen MR) is 128 cm³/mol. The van der Waals surface area contributed by atoms with Gasteiger partial charge < -0.3 is 14.5 Å². The van der Waals surface area contributed by atoms with Crippen molar-refractivity contribution in [1.29, 1.82) is 0 Å². The third kappa shape index (κ3) is 3.58. The zero-order valence-electron chi connectivity index (χ0n) is 18.8. The van der Waals surface area contributed by atoms with Crippen LogP contribution in [0.4, 0.5) is 10.1 Å². The van der Waals surface area contributed by atoms with Crippen LogP contribution < -0.4 is 4.90 Å². The summed E-state index contributed by atoms with van der Waals surface area (Å²) in [7, 11) is 0. The van der Waals surface area contributed by atoms with Gasteiger partial charge in [-0.25, -0.2) is 9.18 Å². The molecular formula is C26H19FN4O5. The molecule has 0 radical (unpaired) electrons. The van der Waals surface area contributed by atoms with E-state index >= 15 is 0 Å². The largest absolute Gasteiger partial charge is 0.478 e. The fourth-order valence-corrected chi connectivity index (χ4v) is 5.12. The Hall–Kier alpha value is -4.60. The number of carboxylic acids is 1. The first-order chi connectivity index (χ1) is 17.4. The Bertz CT molecular complexity index is 1520. The summed E-state index contributed by atoms with van der Waals surface area (Å²) in [6, 6.07) is 16.7. The minimum atomic E-state index is -1.35. The minimum absolute atomic E-state index is 0.0607. The number of aromatic nitrogens is 2. The highest BCUT2D eigenvalue weighted by Gasteiger charge is 2.41. The first kappa shape index (κ1) is 21.9. The van der Waals surface area contributed by atoms with Gasteiger partial charge >= 0.3 is 5.97 Å². The van der Waals surface area contributed by atoms with Gasteiger partial charge in [0.1, 0.15) is 5.82 Å². The molecule has 0 aliphatic carbocycles. The third-order valence-electron chi connectivity index (χ3n) is 6.97. The molecule has 1 fully saturated rings. The number of hydrogen-bond acceptors (Lipinski definition) is 7. The van der Waals surface area contributed by atoms with Crippen molar-refractivity contribution in [2.75, 3.05) is 18.0 Å². The first-order valence-corrected chi connectivity index (χ1v) is 11.4. The van der Waals surface area contributed by atoms with Crippen LogP contribution in [0.15, 0.2) is 65.2 Å². The van der Waals surface area contributed by atoms with Gasteiger partial charge in [-0.1, -0.05) is 29.4 Å². The number of rotatable bonds is 5. The Kier molecular flexibility index (Phi) is 5.03. The Balaban J connectivity index is 1.27. The van der Waals surface area contributed by atoms with Crippen LogP contribution in [0.2, 0.25) is 0 Å². The van der Waals surface area contributed by atoms with E-state index in [1.165, 1.54) is 6.07 Å².